The second-order valence-electron chi connectivity index (χ2n) is 6.71. The lowest BCUT2D eigenvalue weighted by Crippen LogP contribution is -2.23. The number of rotatable bonds is 5. The number of carbonyl (C=O) groups is 1. The van der Waals surface area contributed by atoms with E-state index in [9.17, 15) is 4.79 Å². The quantitative estimate of drug-likeness (QED) is 0.546. The van der Waals surface area contributed by atoms with Crippen LogP contribution in [0, 0.1) is 0 Å². The number of pyridine rings is 1. The molecule has 1 fully saturated rings. The number of benzene rings is 1. The van der Waals surface area contributed by atoms with Crippen molar-refractivity contribution in [3.05, 3.63) is 70.0 Å². The molecule has 5 rings (SSSR count). The second-order valence-corrected chi connectivity index (χ2v) is 7.74. The molecule has 1 aromatic carbocycles. The van der Waals surface area contributed by atoms with Gasteiger partial charge in [0.25, 0.3) is 11.6 Å². The van der Waals surface area contributed by atoms with Gasteiger partial charge < -0.3 is 9.84 Å². The molecular weight excluding hydrogens is 358 g/mol. The molecule has 27 heavy (non-hydrogen) atoms. The summed E-state index contributed by atoms with van der Waals surface area (Å²) in [4.78, 5) is 18.8. The monoisotopic (exact) mass is 375 g/mol. The number of hydrogen-bond donors (Lipinski definition) is 1. The van der Waals surface area contributed by atoms with Crippen LogP contribution in [0.4, 0.5) is 0 Å². The second kappa shape index (κ2) is 6.63. The Hall–Kier alpha value is -2.99. The molecule has 0 radical (unpaired) electrons. The summed E-state index contributed by atoms with van der Waals surface area (Å²) in [5, 5.41) is 9.93. The van der Waals surface area contributed by atoms with E-state index in [-0.39, 0.29) is 5.91 Å². The lowest BCUT2D eigenvalue weighted by molar-refractivity contribution is 0.0952. The number of aromatic nitrogens is 2. The predicted molar refractivity (Wildman–Crippen MR) is 105 cm³/mol. The van der Waals surface area contributed by atoms with Crippen LogP contribution in [-0.2, 0) is 6.54 Å². The standard InChI is InChI=1S/C21H17N3O2S/c25-20(22-12-15-7-4-10-27-15)16-11-17(13-8-9-13)23-21-18(16)19(24-26-21)14-5-2-1-3-6-14/h1-7,10-11,13H,8-9,12H2,(H,22,25). The average molecular weight is 375 g/mol. The largest absolute Gasteiger partial charge is 0.347 e. The number of amides is 1. The van der Waals surface area contributed by atoms with E-state index in [1.807, 2.05) is 53.9 Å². The number of nitrogens with zero attached hydrogens (tertiary/aromatic N) is 2. The number of carbonyl (C=O) groups excluding carboxylic acids is 1. The highest BCUT2D eigenvalue weighted by Gasteiger charge is 2.29. The molecule has 0 atom stereocenters. The molecule has 0 aliphatic heterocycles. The van der Waals surface area contributed by atoms with Gasteiger partial charge in [0, 0.05) is 22.1 Å². The summed E-state index contributed by atoms with van der Waals surface area (Å²) >= 11 is 1.63. The maximum atomic E-state index is 13.0. The summed E-state index contributed by atoms with van der Waals surface area (Å²) < 4.78 is 5.52. The third-order valence-corrected chi connectivity index (χ3v) is 5.63. The summed E-state index contributed by atoms with van der Waals surface area (Å²) in [6, 6.07) is 15.7. The highest BCUT2D eigenvalue weighted by molar-refractivity contribution is 7.09. The molecule has 1 N–H and O–H groups in total. The number of hydrogen-bond acceptors (Lipinski definition) is 5. The molecular formula is C21H17N3O2S. The molecule has 0 saturated heterocycles. The Labute approximate surface area is 160 Å². The Balaban J connectivity index is 1.59. The molecule has 6 heteroatoms. The third-order valence-electron chi connectivity index (χ3n) is 4.76. The van der Waals surface area contributed by atoms with Gasteiger partial charge in [0.2, 0.25) is 0 Å². The average Bonchev–Trinajstić information content (AvgIpc) is 3.26. The zero-order chi connectivity index (χ0) is 18.2. The van der Waals surface area contributed by atoms with E-state index >= 15 is 0 Å². The van der Waals surface area contributed by atoms with E-state index in [1.54, 1.807) is 11.3 Å². The predicted octanol–water partition coefficient (Wildman–Crippen LogP) is 4.76. The van der Waals surface area contributed by atoms with E-state index in [1.165, 1.54) is 0 Å². The van der Waals surface area contributed by atoms with Crippen molar-refractivity contribution in [3.8, 4) is 11.3 Å². The van der Waals surface area contributed by atoms with Gasteiger partial charge in [0.15, 0.2) is 0 Å². The first-order chi connectivity index (χ1) is 13.3. The normalized spacial score (nSPS) is 13.8. The summed E-state index contributed by atoms with van der Waals surface area (Å²) in [5.74, 6) is 0.293. The molecule has 5 nitrogen and oxygen atoms in total. The van der Waals surface area contributed by atoms with Gasteiger partial charge in [-0.25, -0.2) is 4.98 Å². The maximum Gasteiger partial charge on any atom is 0.259 e. The van der Waals surface area contributed by atoms with E-state index in [0.29, 0.717) is 34.8 Å². The molecule has 1 aliphatic carbocycles. The lowest BCUT2D eigenvalue weighted by atomic mass is 10.0. The van der Waals surface area contributed by atoms with Crippen LogP contribution >= 0.6 is 11.3 Å². The van der Waals surface area contributed by atoms with Gasteiger partial charge in [-0.15, -0.1) is 11.3 Å². The van der Waals surface area contributed by atoms with Crippen LogP contribution in [-0.4, -0.2) is 16.0 Å². The maximum absolute atomic E-state index is 13.0. The van der Waals surface area contributed by atoms with Crippen molar-refractivity contribution in [3.63, 3.8) is 0 Å². The van der Waals surface area contributed by atoms with Gasteiger partial charge in [-0.1, -0.05) is 41.6 Å². The van der Waals surface area contributed by atoms with Crippen molar-refractivity contribution in [2.45, 2.75) is 25.3 Å². The molecule has 1 saturated carbocycles. The summed E-state index contributed by atoms with van der Waals surface area (Å²) in [7, 11) is 0. The summed E-state index contributed by atoms with van der Waals surface area (Å²) in [6.07, 6.45) is 2.21. The fourth-order valence-corrected chi connectivity index (χ4v) is 3.85. The SMILES string of the molecule is O=C(NCc1cccs1)c1cc(C2CC2)nc2onc(-c3ccccc3)c12. The number of thiophene rings is 1. The molecule has 0 spiro atoms. The van der Waals surface area contributed by atoms with Gasteiger partial charge in [0.1, 0.15) is 5.69 Å². The van der Waals surface area contributed by atoms with Gasteiger partial charge in [0.05, 0.1) is 17.5 Å². The first kappa shape index (κ1) is 16.2. The topological polar surface area (TPSA) is 68.0 Å². The molecule has 0 unspecified atom stereocenters. The molecule has 134 valence electrons. The Morgan fingerprint density at radius 2 is 2.04 bits per heavy atom. The minimum atomic E-state index is -0.127. The Morgan fingerprint density at radius 1 is 1.19 bits per heavy atom. The first-order valence-electron chi connectivity index (χ1n) is 8.96. The Bertz CT molecular complexity index is 1100. The minimum absolute atomic E-state index is 0.127. The minimum Gasteiger partial charge on any atom is -0.347 e. The van der Waals surface area contributed by atoms with Crippen LogP contribution in [0.5, 0.6) is 0 Å². The van der Waals surface area contributed by atoms with E-state index in [0.717, 1.165) is 29.0 Å². The number of nitrogens with one attached hydrogen (secondary N) is 1. The van der Waals surface area contributed by atoms with Crippen molar-refractivity contribution in [2.24, 2.45) is 0 Å². The fourth-order valence-electron chi connectivity index (χ4n) is 3.21. The van der Waals surface area contributed by atoms with Gasteiger partial charge in [-0.2, -0.15) is 0 Å². The van der Waals surface area contributed by atoms with Crippen molar-refractivity contribution in [1.29, 1.82) is 0 Å². The van der Waals surface area contributed by atoms with Gasteiger partial charge in [-0.3, -0.25) is 4.79 Å². The van der Waals surface area contributed by atoms with E-state index in [4.69, 9.17) is 4.52 Å². The van der Waals surface area contributed by atoms with Crippen molar-refractivity contribution in [2.75, 3.05) is 0 Å². The Morgan fingerprint density at radius 3 is 2.78 bits per heavy atom. The molecule has 1 amide bonds. The van der Waals surface area contributed by atoms with Crippen LogP contribution in [0.15, 0.2) is 58.4 Å². The van der Waals surface area contributed by atoms with E-state index < -0.39 is 0 Å². The van der Waals surface area contributed by atoms with Crippen molar-refractivity contribution in [1.82, 2.24) is 15.5 Å². The first-order valence-corrected chi connectivity index (χ1v) is 9.84. The van der Waals surface area contributed by atoms with Gasteiger partial charge in [-0.05, 0) is 30.4 Å². The van der Waals surface area contributed by atoms with Crippen molar-refractivity contribution < 1.29 is 9.32 Å². The Kier molecular flexibility index (Phi) is 3.98. The van der Waals surface area contributed by atoms with Crippen LogP contribution < -0.4 is 5.32 Å². The summed E-state index contributed by atoms with van der Waals surface area (Å²) in [5.41, 5.74) is 3.49. The molecule has 0 bridgehead atoms. The molecule has 4 aromatic rings. The fraction of sp³-hybridized carbons (Fsp3) is 0.190. The highest BCUT2D eigenvalue weighted by Crippen LogP contribution is 2.41. The van der Waals surface area contributed by atoms with Crippen LogP contribution in [0.1, 0.15) is 39.7 Å². The molecule has 3 heterocycles. The van der Waals surface area contributed by atoms with Crippen LogP contribution in [0.3, 0.4) is 0 Å². The molecule has 3 aromatic heterocycles. The lowest BCUT2D eigenvalue weighted by Gasteiger charge is -2.08. The zero-order valence-electron chi connectivity index (χ0n) is 14.5. The zero-order valence-corrected chi connectivity index (χ0v) is 15.3. The molecule has 1 aliphatic rings. The smallest absolute Gasteiger partial charge is 0.259 e. The van der Waals surface area contributed by atoms with Crippen molar-refractivity contribution >= 4 is 28.3 Å². The van der Waals surface area contributed by atoms with Crippen LogP contribution in [0.2, 0.25) is 0 Å². The van der Waals surface area contributed by atoms with Crippen LogP contribution in [0.25, 0.3) is 22.4 Å². The van der Waals surface area contributed by atoms with Gasteiger partial charge >= 0.3 is 0 Å². The third kappa shape index (κ3) is 3.13. The summed E-state index contributed by atoms with van der Waals surface area (Å²) in [6.45, 7) is 0.505. The number of fused-ring (bicyclic) bond motifs is 1. The van der Waals surface area contributed by atoms with E-state index in [2.05, 4.69) is 15.5 Å². The highest BCUT2D eigenvalue weighted by atomic mass is 32.1.